The molecule has 17 heavy (non-hydrogen) atoms. The zero-order valence-corrected chi connectivity index (χ0v) is 9.69. The summed E-state index contributed by atoms with van der Waals surface area (Å²) in [5.41, 5.74) is 0.896. The molecule has 0 saturated carbocycles. The van der Waals surface area contributed by atoms with E-state index in [-0.39, 0.29) is 11.7 Å². The molecule has 1 aliphatic heterocycles. The molecule has 1 atom stereocenters. The summed E-state index contributed by atoms with van der Waals surface area (Å²) in [7, 11) is 0. The topological polar surface area (TPSA) is 39.1 Å². The molecule has 0 aromatic heterocycles. The molecule has 0 bridgehead atoms. The summed E-state index contributed by atoms with van der Waals surface area (Å²) in [6.45, 7) is 4.62. The van der Waals surface area contributed by atoms with Gasteiger partial charge in [-0.25, -0.2) is 4.39 Å². The van der Waals surface area contributed by atoms with Crippen molar-refractivity contribution in [3.05, 3.63) is 35.6 Å². The fraction of sp³-hybridized carbons (Fsp3) is 0.462. The summed E-state index contributed by atoms with van der Waals surface area (Å²) in [6.07, 6.45) is 0. The second kappa shape index (κ2) is 5.76. The molecule has 1 aliphatic rings. The Balaban J connectivity index is 2.01. The summed E-state index contributed by atoms with van der Waals surface area (Å²) in [4.78, 5) is 2.27. The Morgan fingerprint density at radius 1 is 1.29 bits per heavy atom. The number of hydrogen-bond acceptors (Lipinski definition) is 3. The normalized spacial score (nSPS) is 18.6. The van der Waals surface area contributed by atoms with Crippen LogP contribution >= 0.6 is 0 Å². The van der Waals surface area contributed by atoms with Gasteiger partial charge in [0.2, 0.25) is 0 Å². The molecule has 0 aliphatic carbocycles. The highest BCUT2D eigenvalue weighted by Gasteiger charge is 2.17. The zero-order chi connectivity index (χ0) is 12.1. The van der Waals surface area contributed by atoms with E-state index in [1.807, 2.05) is 0 Å². The molecule has 0 amide bonds. The molecule has 1 fully saturated rings. The average molecular weight is 233 g/mol. The molecule has 1 aromatic rings. The van der Waals surface area contributed by atoms with Crippen molar-refractivity contribution in [2.45, 2.75) is 5.92 Å². The first-order valence-electron chi connectivity index (χ1n) is 5.88. The zero-order valence-electron chi connectivity index (χ0n) is 9.69. The van der Waals surface area contributed by atoms with E-state index in [1.165, 1.54) is 12.1 Å². The number of hydrogen-bond donors (Lipinski definition) is 1. The van der Waals surface area contributed by atoms with E-state index < -0.39 is 0 Å². The van der Waals surface area contributed by atoms with E-state index >= 15 is 0 Å². The molecule has 1 N–H and O–H groups in total. The van der Waals surface area contributed by atoms with Crippen LogP contribution in [0.2, 0.25) is 0 Å². The summed E-state index contributed by atoms with van der Waals surface area (Å²) in [5, 5.41) is 12.5. The first-order chi connectivity index (χ1) is 8.29. The third-order valence-corrected chi connectivity index (χ3v) is 3.08. The van der Waals surface area contributed by atoms with Crippen LogP contribution < -0.4 is 5.32 Å². The average Bonchev–Trinajstić information content (AvgIpc) is 2.38. The Kier molecular flexibility index (Phi) is 4.08. The predicted octanol–water partition coefficient (Wildman–Crippen LogP) is 1.34. The minimum atomic E-state index is -0.257. The first-order valence-corrected chi connectivity index (χ1v) is 5.88. The van der Waals surface area contributed by atoms with Gasteiger partial charge in [-0.3, -0.25) is 4.90 Å². The van der Waals surface area contributed by atoms with Crippen LogP contribution in [0.1, 0.15) is 11.5 Å². The number of halogens is 1. The highest BCUT2D eigenvalue weighted by Crippen LogP contribution is 2.17. The Morgan fingerprint density at radius 2 is 1.94 bits per heavy atom. The lowest BCUT2D eigenvalue weighted by Gasteiger charge is -2.28. The Morgan fingerprint density at radius 3 is 2.53 bits per heavy atom. The molecule has 1 heterocycles. The van der Waals surface area contributed by atoms with Gasteiger partial charge < -0.3 is 5.32 Å². The van der Waals surface area contributed by atoms with Crippen LogP contribution in [0.3, 0.4) is 0 Å². The second-order valence-electron chi connectivity index (χ2n) is 4.28. The standard InChI is InChI=1S/C13H16FN3/c14-13-3-1-11(2-4-13)12(9-15)10-17-7-5-16-6-8-17/h1-4,12,16H,5-8,10H2. The first kappa shape index (κ1) is 12.0. The minimum Gasteiger partial charge on any atom is -0.314 e. The minimum absolute atomic E-state index is 0.173. The molecule has 4 heteroatoms. The maximum atomic E-state index is 12.8. The van der Waals surface area contributed by atoms with Crippen LogP contribution in [0.5, 0.6) is 0 Å². The third-order valence-electron chi connectivity index (χ3n) is 3.08. The number of nitrogens with zero attached hydrogens (tertiary/aromatic N) is 2. The van der Waals surface area contributed by atoms with E-state index in [2.05, 4.69) is 16.3 Å². The molecule has 1 aromatic carbocycles. The van der Waals surface area contributed by atoms with Gasteiger partial charge in [0.1, 0.15) is 5.82 Å². The molecule has 0 spiro atoms. The highest BCUT2D eigenvalue weighted by atomic mass is 19.1. The molecular formula is C13H16FN3. The van der Waals surface area contributed by atoms with Crippen molar-refractivity contribution in [3.8, 4) is 6.07 Å². The van der Waals surface area contributed by atoms with Crippen molar-refractivity contribution >= 4 is 0 Å². The van der Waals surface area contributed by atoms with Crippen LogP contribution in [0, 0.1) is 17.1 Å². The SMILES string of the molecule is N#CC(CN1CCNCC1)c1ccc(F)cc1. The second-order valence-corrected chi connectivity index (χ2v) is 4.28. The van der Waals surface area contributed by atoms with E-state index in [0.717, 1.165) is 38.3 Å². The number of benzene rings is 1. The van der Waals surface area contributed by atoms with Crippen molar-refractivity contribution in [1.82, 2.24) is 10.2 Å². The summed E-state index contributed by atoms with van der Waals surface area (Å²) in [5.74, 6) is -0.429. The van der Waals surface area contributed by atoms with Crippen molar-refractivity contribution in [3.63, 3.8) is 0 Å². The van der Waals surface area contributed by atoms with Crippen LogP contribution in [0.25, 0.3) is 0 Å². The lowest BCUT2D eigenvalue weighted by atomic mass is 10.00. The van der Waals surface area contributed by atoms with Crippen molar-refractivity contribution in [2.24, 2.45) is 0 Å². The maximum Gasteiger partial charge on any atom is 0.123 e. The van der Waals surface area contributed by atoms with Gasteiger partial charge in [0.15, 0.2) is 0 Å². The Bertz CT molecular complexity index is 390. The van der Waals surface area contributed by atoms with Gasteiger partial charge in [-0.2, -0.15) is 5.26 Å². The molecule has 1 saturated heterocycles. The number of piperazine rings is 1. The number of nitriles is 1. The smallest absolute Gasteiger partial charge is 0.123 e. The van der Waals surface area contributed by atoms with Gasteiger partial charge in [-0.05, 0) is 17.7 Å². The Hall–Kier alpha value is -1.44. The molecule has 90 valence electrons. The van der Waals surface area contributed by atoms with Gasteiger partial charge in [-0.1, -0.05) is 12.1 Å². The van der Waals surface area contributed by atoms with Crippen molar-refractivity contribution in [2.75, 3.05) is 32.7 Å². The highest BCUT2D eigenvalue weighted by molar-refractivity contribution is 5.25. The van der Waals surface area contributed by atoms with Crippen LogP contribution in [0.4, 0.5) is 4.39 Å². The molecule has 1 unspecified atom stereocenters. The Labute approximate surface area is 101 Å². The van der Waals surface area contributed by atoms with E-state index in [9.17, 15) is 9.65 Å². The van der Waals surface area contributed by atoms with E-state index in [1.54, 1.807) is 12.1 Å². The maximum absolute atomic E-state index is 12.8. The van der Waals surface area contributed by atoms with Crippen molar-refractivity contribution < 1.29 is 4.39 Å². The van der Waals surface area contributed by atoms with Crippen molar-refractivity contribution in [1.29, 1.82) is 5.26 Å². The van der Waals surface area contributed by atoms with Gasteiger partial charge in [0, 0.05) is 32.7 Å². The summed E-state index contributed by atoms with van der Waals surface area (Å²) >= 11 is 0. The fourth-order valence-electron chi connectivity index (χ4n) is 2.07. The van der Waals surface area contributed by atoms with E-state index in [4.69, 9.17) is 0 Å². The quantitative estimate of drug-likeness (QED) is 0.856. The monoisotopic (exact) mass is 233 g/mol. The molecular weight excluding hydrogens is 217 g/mol. The largest absolute Gasteiger partial charge is 0.314 e. The van der Waals surface area contributed by atoms with Gasteiger partial charge >= 0.3 is 0 Å². The van der Waals surface area contributed by atoms with Crippen LogP contribution in [-0.4, -0.2) is 37.6 Å². The van der Waals surface area contributed by atoms with Gasteiger partial charge in [0.25, 0.3) is 0 Å². The summed E-state index contributed by atoms with van der Waals surface area (Å²) in [6, 6.07) is 8.53. The molecule has 2 rings (SSSR count). The molecule has 0 radical (unpaired) electrons. The third kappa shape index (κ3) is 3.26. The number of rotatable bonds is 3. The number of nitrogens with one attached hydrogen (secondary N) is 1. The van der Waals surface area contributed by atoms with E-state index in [0.29, 0.717) is 0 Å². The van der Waals surface area contributed by atoms with Gasteiger partial charge in [0.05, 0.1) is 12.0 Å². The summed E-state index contributed by atoms with van der Waals surface area (Å²) < 4.78 is 12.8. The lowest BCUT2D eigenvalue weighted by molar-refractivity contribution is 0.237. The van der Waals surface area contributed by atoms with Crippen LogP contribution in [-0.2, 0) is 0 Å². The fourth-order valence-corrected chi connectivity index (χ4v) is 2.07. The molecule has 3 nitrogen and oxygen atoms in total. The van der Waals surface area contributed by atoms with Crippen LogP contribution in [0.15, 0.2) is 24.3 Å². The predicted molar refractivity (Wildman–Crippen MR) is 64.1 cm³/mol. The lowest BCUT2D eigenvalue weighted by Crippen LogP contribution is -2.44. The van der Waals surface area contributed by atoms with Gasteiger partial charge in [-0.15, -0.1) is 0 Å².